The van der Waals surface area contributed by atoms with Gasteiger partial charge in [-0.05, 0) is 60.1 Å². The summed E-state index contributed by atoms with van der Waals surface area (Å²) in [6.45, 7) is 14.1. The number of ketones is 1. The van der Waals surface area contributed by atoms with E-state index in [2.05, 4.69) is 0 Å². The number of carbonyl (C=O) groups is 3. The molecule has 1 amide bonds. The van der Waals surface area contributed by atoms with Crippen LogP contribution >= 0.6 is 0 Å². The maximum atomic E-state index is 14.8. The first-order chi connectivity index (χ1) is 15.4. The van der Waals surface area contributed by atoms with E-state index >= 15 is 0 Å². The van der Waals surface area contributed by atoms with Crippen LogP contribution in [0.25, 0.3) is 0 Å². The van der Waals surface area contributed by atoms with Crippen molar-refractivity contribution >= 4 is 17.8 Å². The van der Waals surface area contributed by atoms with Crippen LogP contribution in [0.5, 0.6) is 0 Å². The van der Waals surface area contributed by atoms with Gasteiger partial charge in [0.1, 0.15) is 22.8 Å². The molecule has 1 aliphatic heterocycles. The molecule has 0 saturated carbocycles. The van der Waals surface area contributed by atoms with Crippen molar-refractivity contribution in [1.82, 2.24) is 4.90 Å². The highest BCUT2D eigenvalue weighted by molar-refractivity contribution is 6.01. The Morgan fingerprint density at radius 3 is 2.00 bits per heavy atom. The fraction of sp³-hybridized carbons (Fsp3) is 0.640. The molecule has 0 unspecified atom stereocenters. The second kappa shape index (κ2) is 9.98. The van der Waals surface area contributed by atoms with Crippen LogP contribution in [-0.4, -0.2) is 59.7 Å². The number of morpholine rings is 1. The Morgan fingerprint density at radius 1 is 0.971 bits per heavy atom. The molecule has 1 atom stereocenters. The molecule has 1 aromatic carbocycles. The van der Waals surface area contributed by atoms with Crippen molar-refractivity contribution in [2.75, 3.05) is 19.7 Å². The Morgan fingerprint density at radius 2 is 1.50 bits per heavy atom. The molecule has 0 aliphatic carbocycles. The number of hydrogen-bond donors (Lipinski definition) is 0. The third kappa shape index (κ3) is 7.48. The van der Waals surface area contributed by atoms with E-state index in [1.165, 1.54) is 4.90 Å². The van der Waals surface area contributed by atoms with Crippen LogP contribution in [0.3, 0.4) is 0 Å². The van der Waals surface area contributed by atoms with E-state index in [4.69, 9.17) is 14.2 Å². The highest BCUT2D eigenvalue weighted by Crippen LogP contribution is 2.32. The minimum atomic E-state index is -1.21. The predicted octanol–water partition coefficient (Wildman–Crippen LogP) is 5.16. The van der Waals surface area contributed by atoms with Crippen LogP contribution < -0.4 is 0 Å². The predicted molar refractivity (Wildman–Crippen MR) is 122 cm³/mol. The molecular weight excluding hydrogens is 448 g/mol. The summed E-state index contributed by atoms with van der Waals surface area (Å²) in [6, 6.07) is 1.61. The highest BCUT2D eigenvalue weighted by Gasteiger charge is 2.38. The molecule has 0 radical (unpaired) electrons. The monoisotopic (exact) mass is 483 g/mol. The van der Waals surface area contributed by atoms with Crippen molar-refractivity contribution in [2.24, 2.45) is 5.41 Å². The van der Waals surface area contributed by atoms with Crippen LogP contribution in [0.15, 0.2) is 12.1 Å². The Labute approximate surface area is 199 Å². The maximum absolute atomic E-state index is 14.8. The van der Waals surface area contributed by atoms with Gasteiger partial charge in [0.2, 0.25) is 0 Å². The van der Waals surface area contributed by atoms with Crippen molar-refractivity contribution in [2.45, 2.75) is 79.1 Å². The molecule has 0 spiro atoms. The summed E-state index contributed by atoms with van der Waals surface area (Å²) in [7, 11) is 0. The standard InChI is InChI=1S/C25H35F2NO6/c1-23(2,3)33-21(30)15-11-17(26)19(18(27)12-15)20(29)25(7,8)13-16-14-28(9-10-32-16)22(31)34-24(4,5)6/h11-12,16H,9-10,13-14H2,1-8H3/t16-/m0/s1. The quantitative estimate of drug-likeness (QED) is 0.425. The van der Waals surface area contributed by atoms with Crippen LogP contribution in [0.2, 0.25) is 0 Å². The van der Waals surface area contributed by atoms with E-state index in [9.17, 15) is 23.2 Å². The normalized spacial score (nSPS) is 17.4. The second-order valence-corrected chi connectivity index (χ2v) is 11.2. The van der Waals surface area contributed by atoms with Gasteiger partial charge in [-0.25, -0.2) is 18.4 Å². The van der Waals surface area contributed by atoms with Crippen LogP contribution in [0, 0.1) is 17.0 Å². The molecule has 0 aromatic heterocycles. The SMILES string of the molecule is CC(C)(C)OC(=O)c1cc(F)c(C(=O)C(C)(C)C[C@H]2CN(C(=O)OC(C)(C)C)CCO2)c(F)c1. The molecule has 7 nitrogen and oxygen atoms in total. The maximum Gasteiger partial charge on any atom is 0.410 e. The lowest BCUT2D eigenvalue weighted by molar-refractivity contribution is -0.0531. The van der Waals surface area contributed by atoms with Crippen LogP contribution in [0.4, 0.5) is 13.6 Å². The molecule has 0 bridgehead atoms. The molecule has 1 heterocycles. The minimum Gasteiger partial charge on any atom is -0.456 e. The zero-order chi connectivity index (χ0) is 26.1. The van der Waals surface area contributed by atoms with E-state index in [-0.39, 0.29) is 25.1 Å². The number of nitrogens with zero attached hydrogens (tertiary/aromatic N) is 1. The Bertz CT molecular complexity index is 923. The first kappa shape index (κ1) is 27.7. The average molecular weight is 484 g/mol. The van der Waals surface area contributed by atoms with Gasteiger partial charge < -0.3 is 19.1 Å². The summed E-state index contributed by atoms with van der Waals surface area (Å²) in [5, 5.41) is 0. The Kier molecular flexibility index (Phi) is 8.13. The number of halogens is 2. The fourth-order valence-corrected chi connectivity index (χ4v) is 3.58. The van der Waals surface area contributed by atoms with E-state index in [0.717, 1.165) is 12.1 Å². The molecule has 34 heavy (non-hydrogen) atoms. The largest absolute Gasteiger partial charge is 0.456 e. The Hall–Kier alpha value is -2.55. The molecule has 1 aliphatic rings. The van der Waals surface area contributed by atoms with Gasteiger partial charge in [0.05, 0.1) is 30.4 Å². The zero-order valence-corrected chi connectivity index (χ0v) is 21.2. The molecule has 0 N–H and O–H groups in total. The first-order valence-electron chi connectivity index (χ1n) is 11.3. The van der Waals surface area contributed by atoms with E-state index in [1.54, 1.807) is 55.4 Å². The van der Waals surface area contributed by atoms with Crippen molar-refractivity contribution in [3.63, 3.8) is 0 Å². The first-order valence-corrected chi connectivity index (χ1v) is 11.3. The van der Waals surface area contributed by atoms with E-state index in [0.29, 0.717) is 6.54 Å². The number of ether oxygens (including phenoxy) is 3. The van der Waals surface area contributed by atoms with Gasteiger partial charge in [-0.1, -0.05) is 13.8 Å². The lowest BCUT2D eigenvalue weighted by atomic mass is 9.78. The lowest BCUT2D eigenvalue weighted by Gasteiger charge is -2.37. The van der Waals surface area contributed by atoms with Gasteiger partial charge in [-0.2, -0.15) is 0 Å². The van der Waals surface area contributed by atoms with Crippen LogP contribution in [0.1, 0.15) is 82.5 Å². The average Bonchev–Trinajstić information content (AvgIpc) is 2.64. The second-order valence-electron chi connectivity index (χ2n) is 11.2. The topological polar surface area (TPSA) is 82.1 Å². The summed E-state index contributed by atoms with van der Waals surface area (Å²) < 4.78 is 45.9. The molecule has 9 heteroatoms. The van der Waals surface area contributed by atoms with Gasteiger partial charge in [-0.3, -0.25) is 4.79 Å². The molecule has 1 aromatic rings. The molecule has 1 saturated heterocycles. The highest BCUT2D eigenvalue weighted by atomic mass is 19.1. The number of esters is 1. The summed E-state index contributed by atoms with van der Waals surface area (Å²) in [6.07, 6.45) is -0.884. The van der Waals surface area contributed by atoms with Crippen LogP contribution in [-0.2, 0) is 14.2 Å². The fourth-order valence-electron chi connectivity index (χ4n) is 3.58. The summed E-state index contributed by atoms with van der Waals surface area (Å²) in [4.78, 5) is 39.2. The number of rotatable bonds is 5. The number of Topliss-reactive ketones (excluding diaryl/α,β-unsaturated/α-hetero) is 1. The Balaban J connectivity index is 2.17. The number of amides is 1. The number of benzene rings is 1. The van der Waals surface area contributed by atoms with Crippen molar-refractivity contribution in [3.05, 3.63) is 34.9 Å². The molecule has 190 valence electrons. The third-order valence-corrected chi connectivity index (χ3v) is 5.05. The molecule has 1 fully saturated rings. The zero-order valence-electron chi connectivity index (χ0n) is 21.2. The minimum absolute atomic E-state index is 0.123. The van der Waals surface area contributed by atoms with Gasteiger partial charge >= 0.3 is 12.1 Å². The van der Waals surface area contributed by atoms with E-state index < -0.39 is 57.8 Å². The van der Waals surface area contributed by atoms with Gasteiger partial charge in [0.25, 0.3) is 0 Å². The summed E-state index contributed by atoms with van der Waals surface area (Å²) >= 11 is 0. The summed E-state index contributed by atoms with van der Waals surface area (Å²) in [5.41, 5.74) is -3.74. The van der Waals surface area contributed by atoms with Crippen molar-refractivity contribution in [1.29, 1.82) is 0 Å². The number of hydrogen-bond acceptors (Lipinski definition) is 6. The number of carbonyl (C=O) groups excluding carboxylic acids is 3. The van der Waals surface area contributed by atoms with E-state index in [1.807, 2.05) is 0 Å². The molecular formula is C25H35F2NO6. The van der Waals surface area contributed by atoms with Gasteiger partial charge in [0.15, 0.2) is 5.78 Å². The van der Waals surface area contributed by atoms with Gasteiger partial charge in [-0.15, -0.1) is 0 Å². The third-order valence-electron chi connectivity index (χ3n) is 5.05. The lowest BCUT2D eigenvalue weighted by Crippen LogP contribution is -2.49. The smallest absolute Gasteiger partial charge is 0.410 e. The van der Waals surface area contributed by atoms with Crippen molar-refractivity contribution < 1.29 is 37.4 Å². The van der Waals surface area contributed by atoms with Crippen molar-refractivity contribution in [3.8, 4) is 0 Å². The summed E-state index contributed by atoms with van der Waals surface area (Å²) in [5.74, 6) is -3.93. The van der Waals surface area contributed by atoms with Gasteiger partial charge in [0, 0.05) is 12.0 Å². The molecule has 2 rings (SSSR count).